The van der Waals surface area contributed by atoms with E-state index in [1.165, 1.54) is 32.1 Å². The molecule has 1 saturated heterocycles. The molecular weight excluding hydrogens is 168 g/mol. The van der Waals surface area contributed by atoms with Crippen LogP contribution in [0.2, 0.25) is 0 Å². The second kappa shape index (κ2) is 3.41. The second-order valence-corrected chi connectivity index (χ2v) is 5.17. The molecule has 0 N–H and O–H groups in total. The summed E-state index contributed by atoms with van der Waals surface area (Å²) in [6.07, 6.45) is 7.11. The molecule has 0 aromatic rings. The van der Waals surface area contributed by atoms with Gasteiger partial charge >= 0.3 is 0 Å². The Morgan fingerprint density at radius 2 is 1.92 bits per heavy atom. The normalized spacial score (nSPS) is 29.2. The first-order valence-corrected chi connectivity index (χ1v) is 6.10. The zero-order valence-corrected chi connectivity index (χ0v) is 8.29. The predicted molar refractivity (Wildman–Crippen MR) is 52.5 cm³/mol. The molecule has 0 radical (unpaired) electrons. The molecule has 1 nitrogen and oxygen atoms in total. The molecule has 1 heterocycles. The van der Waals surface area contributed by atoms with Crippen LogP contribution in [0.5, 0.6) is 0 Å². The average Bonchev–Trinajstić information content (AvgIpc) is 2.12. The lowest BCUT2D eigenvalue weighted by Crippen LogP contribution is -2.38. The van der Waals surface area contributed by atoms with Crippen LogP contribution in [0.1, 0.15) is 38.5 Å². The molecule has 0 aromatic heterocycles. The van der Waals surface area contributed by atoms with Gasteiger partial charge < -0.3 is 0 Å². The molecule has 0 atom stereocenters. The van der Waals surface area contributed by atoms with Crippen LogP contribution >= 0.6 is 11.8 Å². The van der Waals surface area contributed by atoms with Crippen molar-refractivity contribution in [1.29, 1.82) is 0 Å². The lowest BCUT2D eigenvalue weighted by molar-refractivity contribution is -0.129. The molecule has 2 rings (SSSR count). The molecule has 2 aliphatic rings. The highest BCUT2D eigenvalue weighted by Crippen LogP contribution is 2.43. The van der Waals surface area contributed by atoms with E-state index < -0.39 is 0 Å². The molecule has 2 heteroatoms. The molecule has 1 spiro atoms. The standard InChI is InChI=1S/C10H16OS/c11-9-4-7-12-8-10(9)5-2-1-3-6-10/h1-8H2. The first kappa shape index (κ1) is 8.61. The van der Waals surface area contributed by atoms with E-state index in [9.17, 15) is 4.79 Å². The third kappa shape index (κ3) is 1.41. The van der Waals surface area contributed by atoms with Gasteiger partial charge in [-0.3, -0.25) is 4.79 Å². The van der Waals surface area contributed by atoms with Crippen LogP contribution in [-0.2, 0) is 4.79 Å². The Hall–Kier alpha value is 0.0200. The minimum atomic E-state index is 0.140. The zero-order valence-electron chi connectivity index (χ0n) is 7.47. The quantitative estimate of drug-likeness (QED) is 0.575. The molecule has 2 fully saturated rings. The fraction of sp³-hybridized carbons (Fsp3) is 0.900. The fourth-order valence-electron chi connectivity index (χ4n) is 2.43. The number of carbonyl (C=O) groups is 1. The molecule has 0 unspecified atom stereocenters. The number of rotatable bonds is 0. The highest BCUT2D eigenvalue weighted by molar-refractivity contribution is 7.99. The summed E-state index contributed by atoms with van der Waals surface area (Å²) in [6, 6.07) is 0. The summed E-state index contributed by atoms with van der Waals surface area (Å²) in [7, 11) is 0. The maximum Gasteiger partial charge on any atom is 0.140 e. The summed E-state index contributed by atoms with van der Waals surface area (Å²) >= 11 is 1.98. The smallest absolute Gasteiger partial charge is 0.140 e. The van der Waals surface area contributed by atoms with E-state index in [0.29, 0.717) is 5.78 Å². The van der Waals surface area contributed by atoms with Gasteiger partial charge in [-0.2, -0.15) is 11.8 Å². The van der Waals surface area contributed by atoms with E-state index in [4.69, 9.17) is 0 Å². The second-order valence-electron chi connectivity index (χ2n) is 4.07. The number of hydrogen-bond donors (Lipinski definition) is 0. The number of hydrogen-bond acceptors (Lipinski definition) is 2. The lowest BCUT2D eigenvalue weighted by Gasteiger charge is -2.38. The minimum Gasteiger partial charge on any atom is -0.299 e. The monoisotopic (exact) mass is 184 g/mol. The summed E-state index contributed by atoms with van der Waals surface area (Å²) in [5.41, 5.74) is 0.140. The molecule has 0 amide bonds. The van der Waals surface area contributed by atoms with Gasteiger partial charge in [0.05, 0.1) is 0 Å². The van der Waals surface area contributed by atoms with Crippen LogP contribution in [0.4, 0.5) is 0 Å². The molecule has 1 aliphatic heterocycles. The predicted octanol–water partition coefficient (Wildman–Crippen LogP) is 2.64. The van der Waals surface area contributed by atoms with Crippen LogP contribution in [0, 0.1) is 5.41 Å². The summed E-state index contributed by atoms with van der Waals surface area (Å²) < 4.78 is 0. The maximum absolute atomic E-state index is 11.8. The highest BCUT2D eigenvalue weighted by atomic mass is 32.2. The van der Waals surface area contributed by atoms with Gasteiger partial charge in [-0.05, 0) is 12.8 Å². The zero-order chi connectivity index (χ0) is 8.44. The van der Waals surface area contributed by atoms with Gasteiger partial charge in [0.2, 0.25) is 0 Å². The molecule has 12 heavy (non-hydrogen) atoms. The van der Waals surface area contributed by atoms with Crippen LogP contribution in [0.3, 0.4) is 0 Å². The van der Waals surface area contributed by atoms with Crippen molar-refractivity contribution in [3.8, 4) is 0 Å². The van der Waals surface area contributed by atoms with Crippen LogP contribution in [-0.4, -0.2) is 17.3 Å². The van der Waals surface area contributed by atoms with Crippen molar-refractivity contribution in [1.82, 2.24) is 0 Å². The Kier molecular flexibility index (Phi) is 2.44. The lowest BCUT2D eigenvalue weighted by atomic mass is 9.71. The van der Waals surface area contributed by atoms with Gasteiger partial charge in [-0.1, -0.05) is 19.3 Å². The largest absolute Gasteiger partial charge is 0.299 e. The Morgan fingerprint density at radius 3 is 2.58 bits per heavy atom. The summed E-state index contributed by atoms with van der Waals surface area (Å²) in [5.74, 6) is 2.76. The van der Waals surface area contributed by atoms with Crippen molar-refractivity contribution in [3.63, 3.8) is 0 Å². The molecule has 1 aliphatic carbocycles. The molecule has 68 valence electrons. The van der Waals surface area contributed by atoms with Crippen molar-refractivity contribution in [2.45, 2.75) is 38.5 Å². The first-order valence-electron chi connectivity index (χ1n) is 4.95. The van der Waals surface area contributed by atoms with Crippen molar-refractivity contribution < 1.29 is 4.79 Å². The maximum atomic E-state index is 11.8. The average molecular weight is 184 g/mol. The van der Waals surface area contributed by atoms with Crippen molar-refractivity contribution in [3.05, 3.63) is 0 Å². The van der Waals surface area contributed by atoms with Gasteiger partial charge in [0, 0.05) is 23.3 Å². The Labute approximate surface area is 78.3 Å². The van der Waals surface area contributed by atoms with Crippen LogP contribution < -0.4 is 0 Å². The topological polar surface area (TPSA) is 17.1 Å². The van der Waals surface area contributed by atoms with Crippen LogP contribution in [0.15, 0.2) is 0 Å². The molecule has 0 bridgehead atoms. The van der Waals surface area contributed by atoms with Gasteiger partial charge in [-0.15, -0.1) is 0 Å². The minimum absolute atomic E-state index is 0.140. The van der Waals surface area contributed by atoms with Gasteiger partial charge in [-0.25, -0.2) is 0 Å². The highest BCUT2D eigenvalue weighted by Gasteiger charge is 2.40. The number of thioether (sulfide) groups is 1. The Balaban J connectivity index is 2.09. The molecular formula is C10H16OS. The summed E-state index contributed by atoms with van der Waals surface area (Å²) in [6.45, 7) is 0. The van der Waals surface area contributed by atoms with E-state index in [1.54, 1.807) is 0 Å². The third-order valence-corrected chi connectivity index (χ3v) is 4.50. The van der Waals surface area contributed by atoms with Crippen molar-refractivity contribution >= 4 is 17.5 Å². The van der Waals surface area contributed by atoms with E-state index in [1.807, 2.05) is 11.8 Å². The number of ketones is 1. The van der Waals surface area contributed by atoms with E-state index >= 15 is 0 Å². The van der Waals surface area contributed by atoms with Crippen molar-refractivity contribution in [2.24, 2.45) is 5.41 Å². The van der Waals surface area contributed by atoms with Crippen LogP contribution in [0.25, 0.3) is 0 Å². The first-order chi connectivity index (χ1) is 5.83. The summed E-state index contributed by atoms with van der Waals surface area (Å²) in [4.78, 5) is 11.8. The Morgan fingerprint density at radius 1 is 1.17 bits per heavy atom. The SMILES string of the molecule is O=C1CCSCC12CCCCC2. The van der Waals surface area contributed by atoms with E-state index in [-0.39, 0.29) is 5.41 Å². The van der Waals surface area contributed by atoms with E-state index in [2.05, 4.69) is 0 Å². The molecule has 1 saturated carbocycles. The van der Waals surface area contributed by atoms with Gasteiger partial charge in [0.1, 0.15) is 5.78 Å². The number of Topliss-reactive ketones (excluding diaryl/α,β-unsaturated/α-hetero) is 1. The Bertz CT molecular complexity index is 174. The van der Waals surface area contributed by atoms with Crippen molar-refractivity contribution in [2.75, 3.05) is 11.5 Å². The number of carbonyl (C=O) groups excluding carboxylic acids is 1. The van der Waals surface area contributed by atoms with E-state index in [0.717, 1.165) is 17.9 Å². The third-order valence-electron chi connectivity index (χ3n) is 3.25. The fourth-order valence-corrected chi connectivity index (χ4v) is 3.74. The van der Waals surface area contributed by atoms with Gasteiger partial charge in [0.25, 0.3) is 0 Å². The van der Waals surface area contributed by atoms with Gasteiger partial charge in [0.15, 0.2) is 0 Å². The molecule has 0 aromatic carbocycles. The summed E-state index contributed by atoms with van der Waals surface area (Å²) in [5, 5.41) is 0.